The number of hydrogen-bond acceptors (Lipinski definition) is 4. The molecular weight excluding hydrogens is 457 g/mol. The molecule has 6 rings (SSSR count). The van der Waals surface area contributed by atoms with Crippen LogP contribution in [-0.4, -0.2) is 34.9 Å². The molecule has 0 saturated heterocycles. The number of amides is 1. The summed E-state index contributed by atoms with van der Waals surface area (Å²) in [6, 6.07) is 10.3. The fourth-order valence-electron chi connectivity index (χ4n) is 4.36. The first-order valence-electron chi connectivity index (χ1n) is 11.0. The monoisotopic (exact) mass is 477 g/mol. The number of benzene rings is 1. The van der Waals surface area contributed by atoms with Crippen LogP contribution in [0.5, 0.6) is 0 Å². The van der Waals surface area contributed by atoms with Crippen molar-refractivity contribution in [1.82, 2.24) is 34.3 Å². The summed E-state index contributed by atoms with van der Waals surface area (Å²) < 4.78 is 19.7. The number of imidazole rings is 1. The van der Waals surface area contributed by atoms with Gasteiger partial charge in [-0.2, -0.15) is 0 Å². The lowest BCUT2D eigenvalue weighted by atomic mass is 10.1. The third kappa shape index (κ3) is 3.62. The Morgan fingerprint density at radius 2 is 2.12 bits per heavy atom. The van der Waals surface area contributed by atoms with E-state index in [0.29, 0.717) is 18.2 Å². The summed E-state index contributed by atoms with van der Waals surface area (Å²) in [6.07, 6.45) is 7.24. The lowest BCUT2D eigenvalue weighted by Crippen LogP contribution is -2.23. The van der Waals surface area contributed by atoms with Gasteiger partial charge >= 0.3 is 0 Å². The van der Waals surface area contributed by atoms with E-state index in [2.05, 4.69) is 49.4 Å². The first-order valence-corrected chi connectivity index (χ1v) is 11.4. The standard InChI is InChI=1S/C24H21ClFN7O/c1-31-17(9-16-8-15(14-2-3-14)4-5-21(16)31)11-33-12-20(29-30-33)24(34)27-10-19-23-22(26)18(25)6-7-32(23)13-28-19/h4-9,12-14H,2-3,10-11H2,1H3,(H,27,34). The van der Waals surface area contributed by atoms with E-state index in [1.54, 1.807) is 17.1 Å². The number of rotatable bonds is 6. The van der Waals surface area contributed by atoms with Crippen LogP contribution in [0.3, 0.4) is 0 Å². The van der Waals surface area contributed by atoms with Gasteiger partial charge in [-0.3, -0.25) is 4.79 Å². The predicted molar refractivity (Wildman–Crippen MR) is 125 cm³/mol. The van der Waals surface area contributed by atoms with Crippen molar-refractivity contribution in [1.29, 1.82) is 0 Å². The first kappa shape index (κ1) is 20.9. The largest absolute Gasteiger partial charge is 0.346 e. The summed E-state index contributed by atoms with van der Waals surface area (Å²) in [7, 11) is 2.03. The maximum Gasteiger partial charge on any atom is 0.273 e. The van der Waals surface area contributed by atoms with E-state index >= 15 is 0 Å². The number of carbonyl (C=O) groups is 1. The van der Waals surface area contributed by atoms with Crippen LogP contribution in [0.15, 0.2) is 49.1 Å². The van der Waals surface area contributed by atoms with Gasteiger partial charge in [-0.25, -0.2) is 14.1 Å². The van der Waals surface area contributed by atoms with Gasteiger partial charge in [0.25, 0.3) is 5.91 Å². The molecule has 1 fully saturated rings. The molecule has 5 aromatic rings. The van der Waals surface area contributed by atoms with E-state index in [4.69, 9.17) is 11.6 Å². The Labute approximate surface area is 199 Å². The number of aromatic nitrogens is 6. The van der Waals surface area contributed by atoms with Crippen LogP contribution in [0.1, 0.15) is 46.2 Å². The highest BCUT2D eigenvalue weighted by Gasteiger charge is 2.24. The van der Waals surface area contributed by atoms with Gasteiger partial charge in [-0.15, -0.1) is 5.10 Å². The van der Waals surface area contributed by atoms with Gasteiger partial charge in [-0.05, 0) is 48.6 Å². The van der Waals surface area contributed by atoms with Crippen molar-refractivity contribution in [2.45, 2.75) is 31.8 Å². The molecule has 1 aromatic carbocycles. The molecule has 10 heteroatoms. The molecule has 1 aliphatic carbocycles. The third-order valence-electron chi connectivity index (χ3n) is 6.39. The molecule has 0 aliphatic heterocycles. The normalized spacial score (nSPS) is 13.7. The topological polar surface area (TPSA) is 82.0 Å². The molecule has 34 heavy (non-hydrogen) atoms. The van der Waals surface area contributed by atoms with Gasteiger partial charge < -0.3 is 14.3 Å². The second-order valence-corrected chi connectivity index (χ2v) is 9.10. The molecule has 172 valence electrons. The third-order valence-corrected chi connectivity index (χ3v) is 6.69. The van der Waals surface area contributed by atoms with Crippen molar-refractivity contribution in [3.8, 4) is 0 Å². The summed E-state index contributed by atoms with van der Waals surface area (Å²) in [4.78, 5) is 16.8. The Morgan fingerprint density at radius 1 is 1.26 bits per heavy atom. The fourth-order valence-corrected chi connectivity index (χ4v) is 4.51. The highest BCUT2D eigenvalue weighted by molar-refractivity contribution is 6.31. The molecule has 4 aromatic heterocycles. The van der Waals surface area contributed by atoms with Gasteiger partial charge in [0.05, 0.1) is 36.3 Å². The summed E-state index contributed by atoms with van der Waals surface area (Å²) in [5, 5.41) is 12.1. The summed E-state index contributed by atoms with van der Waals surface area (Å²) in [6.45, 7) is 0.519. The second kappa shape index (κ2) is 7.95. The number of aryl methyl sites for hydroxylation is 1. The van der Waals surface area contributed by atoms with Crippen molar-refractivity contribution < 1.29 is 9.18 Å². The number of hydrogen-bond donors (Lipinski definition) is 1. The Morgan fingerprint density at radius 3 is 2.94 bits per heavy atom. The van der Waals surface area contributed by atoms with E-state index in [1.807, 2.05) is 7.05 Å². The average molecular weight is 478 g/mol. The van der Waals surface area contributed by atoms with Gasteiger partial charge in [0.2, 0.25) is 0 Å². The summed E-state index contributed by atoms with van der Waals surface area (Å²) in [5.41, 5.74) is 4.42. The smallest absolute Gasteiger partial charge is 0.273 e. The number of halogens is 2. The zero-order chi connectivity index (χ0) is 23.4. The molecule has 4 heterocycles. The molecular formula is C24H21ClFN7O. The zero-order valence-electron chi connectivity index (χ0n) is 18.4. The van der Waals surface area contributed by atoms with Crippen LogP contribution in [0.2, 0.25) is 5.02 Å². The lowest BCUT2D eigenvalue weighted by molar-refractivity contribution is 0.0945. The molecule has 0 bridgehead atoms. The van der Waals surface area contributed by atoms with E-state index in [-0.39, 0.29) is 22.8 Å². The van der Waals surface area contributed by atoms with E-state index in [9.17, 15) is 9.18 Å². The van der Waals surface area contributed by atoms with Crippen LogP contribution in [-0.2, 0) is 20.1 Å². The van der Waals surface area contributed by atoms with E-state index < -0.39 is 11.7 Å². The van der Waals surface area contributed by atoms with Crippen molar-refractivity contribution in [2.75, 3.05) is 0 Å². The Hall–Kier alpha value is -3.72. The van der Waals surface area contributed by atoms with Gasteiger partial charge in [-0.1, -0.05) is 22.9 Å². The minimum atomic E-state index is -0.573. The molecule has 8 nitrogen and oxygen atoms in total. The Bertz CT molecular complexity index is 1560. The number of nitrogens with zero attached hydrogens (tertiary/aromatic N) is 6. The Kier molecular flexibility index (Phi) is 4.88. The number of nitrogens with one attached hydrogen (secondary N) is 1. The van der Waals surface area contributed by atoms with Crippen molar-refractivity contribution in [3.05, 3.63) is 82.5 Å². The molecule has 1 N–H and O–H groups in total. The molecule has 1 amide bonds. The van der Waals surface area contributed by atoms with E-state index in [1.165, 1.54) is 40.6 Å². The molecule has 0 unspecified atom stereocenters. The van der Waals surface area contributed by atoms with Crippen molar-refractivity contribution >= 4 is 33.9 Å². The van der Waals surface area contributed by atoms with Gasteiger partial charge in [0.15, 0.2) is 11.5 Å². The first-order chi connectivity index (χ1) is 16.5. The summed E-state index contributed by atoms with van der Waals surface area (Å²) in [5.74, 6) is -0.282. The van der Waals surface area contributed by atoms with Crippen LogP contribution < -0.4 is 5.32 Å². The molecule has 1 aliphatic rings. The Balaban J connectivity index is 1.16. The van der Waals surface area contributed by atoms with Crippen LogP contribution in [0, 0.1) is 5.82 Å². The highest BCUT2D eigenvalue weighted by atomic mass is 35.5. The molecule has 0 atom stereocenters. The average Bonchev–Trinajstić information content (AvgIpc) is 3.31. The lowest BCUT2D eigenvalue weighted by Gasteiger charge is -2.04. The zero-order valence-corrected chi connectivity index (χ0v) is 19.1. The van der Waals surface area contributed by atoms with Crippen LogP contribution >= 0.6 is 11.6 Å². The minimum absolute atomic E-state index is 0.000573. The number of fused-ring (bicyclic) bond motifs is 2. The fraction of sp³-hybridized carbons (Fsp3) is 0.250. The van der Waals surface area contributed by atoms with Crippen LogP contribution in [0.4, 0.5) is 4.39 Å². The molecule has 0 radical (unpaired) electrons. The van der Waals surface area contributed by atoms with Crippen molar-refractivity contribution in [3.63, 3.8) is 0 Å². The maximum absolute atomic E-state index is 14.4. The minimum Gasteiger partial charge on any atom is -0.346 e. The molecule has 1 saturated carbocycles. The van der Waals surface area contributed by atoms with E-state index in [0.717, 1.165) is 11.2 Å². The van der Waals surface area contributed by atoms with Crippen LogP contribution in [0.25, 0.3) is 16.4 Å². The van der Waals surface area contributed by atoms with Gasteiger partial charge in [0, 0.05) is 29.8 Å². The van der Waals surface area contributed by atoms with Gasteiger partial charge in [0.1, 0.15) is 5.52 Å². The predicted octanol–water partition coefficient (Wildman–Crippen LogP) is 4.07. The maximum atomic E-state index is 14.4. The highest BCUT2D eigenvalue weighted by Crippen LogP contribution is 2.41. The van der Waals surface area contributed by atoms with Crippen molar-refractivity contribution in [2.24, 2.45) is 7.05 Å². The summed E-state index contributed by atoms with van der Waals surface area (Å²) >= 11 is 5.88. The SMILES string of the molecule is Cn1c(Cn2cc(C(=O)NCc3ncn4ccc(Cl)c(F)c34)nn2)cc2cc(C3CC3)ccc21. The number of pyridine rings is 1. The second-order valence-electron chi connectivity index (χ2n) is 8.70. The molecule has 0 spiro atoms. The number of carbonyl (C=O) groups excluding carboxylic acids is 1. The quantitative estimate of drug-likeness (QED) is 0.400.